The van der Waals surface area contributed by atoms with Crippen LogP contribution in [0.2, 0.25) is 0 Å². The van der Waals surface area contributed by atoms with Crippen LogP contribution in [0.4, 0.5) is 4.79 Å². The monoisotopic (exact) mass is 272 g/mol. The van der Waals surface area contributed by atoms with Gasteiger partial charge in [0.05, 0.1) is 19.8 Å². The minimum atomic E-state index is -1.05. The molecular formula is C12H20N2O5. The van der Waals surface area contributed by atoms with Crippen LogP contribution in [0.25, 0.3) is 0 Å². The Kier molecular flexibility index (Phi) is 4.60. The molecule has 0 aromatic rings. The minimum absolute atomic E-state index is 0.0265. The normalized spacial score (nSPS) is 23.8. The fourth-order valence-electron chi connectivity index (χ4n) is 2.44. The van der Waals surface area contributed by atoms with Crippen LogP contribution in [-0.4, -0.2) is 77.0 Å². The molecule has 2 rings (SSSR count). The highest BCUT2D eigenvalue weighted by Crippen LogP contribution is 2.26. The predicted octanol–water partition coefficient (Wildman–Crippen LogP) is -0.261. The molecule has 1 saturated carbocycles. The predicted molar refractivity (Wildman–Crippen MR) is 65.8 cm³/mol. The zero-order valence-electron chi connectivity index (χ0n) is 10.8. The first-order valence-corrected chi connectivity index (χ1v) is 6.63. The van der Waals surface area contributed by atoms with E-state index in [9.17, 15) is 9.59 Å². The van der Waals surface area contributed by atoms with E-state index in [0.717, 1.165) is 19.3 Å². The Hall–Kier alpha value is -1.34. The van der Waals surface area contributed by atoms with Crippen molar-refractivity contribution < 1.29 is 24.5 Å². The SMILES string of the molecule is O=C(O)C1COCCN1C(=O)N(CCO)C1CCC1. The van der Waals surface area contributed by atoms with Gasteiger partial charge in [0.2, 0.25) is 0 Å². The van der Waals surface area contributed by atoms with Gasteiger partial charge in [0.25, 0.3) is 0 Å². The van der Waals surface area contributed by atoms with Gasteiger partial charge in [-0.3, -0.25) is 0 Å². The first-order chi connectivity index (χ1) is 9.15. The minimum Gasteiger partial charge on any atom is -0.480 e. The lowest BCUT2D eigenvalue weighted by Crippen LogP contribution is -2.59. The van der Waals surface area contributed by atoms with Gasteiger partial charge in [-0.1, -0.05) is 0 Å². The number of amides is 2. The molecule has 19 heavy (non-hydrogen) atoms. The van der Waals surface area contributed by atoms with Crippen LogP contribution in [0.15, 0.2) is 0 Å². The summed E-state index contributed by atoms with van der Waals surface area (Å²) in [5.74, 6) is -1.05. The topological polar surface area (TPSA) is 90.3 Å². The fraction of sp³-hybridized carbons (Fsp3) is 0.833. The van der Waals surface area contributed by atoms with Gasteiger partial charge in [0.1, 0.15) is 0 Å². The van der Waals surface area contributed by atoms with Crippen LogP contribution in [0.5, 0.6) is 0 Å². The van der Waals surface area contributed by atoms with E-state index >= 15 is 0 Å². The number of rotatable bonds is 4. The van der Waals surface area contributed by atoms with Crippen LogP contribution in [0, 0.1) is 0 Å². The molecule has 1 unspecified atom stereocenters. The number of aliphatic carboxylic acids is 1. The number of urea groups is 1. The molecule has 0 bridgehead atoms. The van der Waals surface area contributed by atoms with Crippen molar-refractivity contribution in [2.45, 2.75) is 31.3 Å². The van der Waals surface area contributed by atoms with Gasteiger partial charge in [0, 0.05) is 19.1 Å². The second kappa shape index (κ2) is 6.21. The van der Waals surface area contributed by atoms with Gasteiger partial charge in [-0.15, -0.1) is 0 Å². The Labute approximate surface area is 111 Å². The van der Waals surface area contributed by atoms with Crippen molar-refractivity contribution in [1.29, 1.82) is 0 Å². The molecule has 1 heterocycles. The Morgan fingerprint density at radius 3 is 2.63 bits per heavy atom. The number of carboxylic acids is 1. The lowest BCUT2D eigenvalue weighted by Gasteiger charge is -2.42. The number of carbonyl (C=O) groups is 2. The van der Waals surface area contributed by atoms with Crippen LogP contribution in [0.1, 0.15) is 19.3 Å². The summed E-state index contributed by atoms with van der Waals surface area (Å²) in [4.78, 5) is 26.6. The Bertz CT molecular complexity index is 345. The highest BCUT2D eigenvalue weighted by atomic mass is 16.5. The van der Waals surface area contributed by atoms with Gasteiger partial charge < -0.3 is 24.7 Å². The number of ether oxygens (including phenoxy) is 1. The van der Waals surface area contributed by atoms with Crippen LogP contribution >= 0.6 is 0 Å². The molecule has 2 amide bonds. The van der Waals surface area contributed by atoms with Gasteiger partial charge in [-0.25, -0.2) is 9.59 Å². The molecule has 0 spiro atoms. The third kappa shape index (κ3) is 2.98. The maximum Gasteiger partial charge on any atom is 0.328 e. The number of carbonyl (C=O) groups excluding carboxylic acids is 1. The van der Waals surface area contributed by atoms with Gasteiger partial charge >= 0.3 is 12.0 Å². The third-order valence-electron chi connectivity index (χ3n) is 3.76. The van der Waals surface area contributed by atoms with E-state index in [1.54, 1.807) is 4.90 Å². The van der Waals surface area contributed by atoms with Crippen LogP contribution in [-0.2, 0) is 9.53 Å². The van der Waals surface area contributed by atoms with Crippen molar-refractivity contribution in [2.24, 2.45) is 0 Å². The number of nitrogens with zero attached hydrogens (tertiary/aromatic N) is 2. The molecule has 7 heteroatoms. The second-order valence-corrected chi connectivity index (χ2v) is 4.91. The summed E-state index contributed by atoms with van der Waals surface area (Å²) in [6.07, 6.45) is 2.92. The van der Waals surface area contributed by atoms with Crippen LogP contribution in [0.3, 0.4) is 0 Å². The average molecular weight is 272 g/mol. The zero-order chi connectivity index (χ0) is 13.8. The number of aliphatic hydroxyl groups is 1. The summed E-state index contributed by atoms with van der Waals surface area (Å²) in [6, 6.07) is -1.09. The molecule has 2 aliphatic rings. The molecule has 1 aliphatic carbocycles. The smallest absolute Gasteiger partial charge is 0.328 e. The second-order valence-electron chi connectivity index (χ2n) is 4.91. The summed E-state index contributed by atoms with van der Waals surface area (Å²) in [5.41, 5.74) is 0. The van der Waals surface area contributed by atoms with Gasteiger partial charge in [-0.2, -0.15) is 0 Å². The first kappa shape index (κ1) is 14.1. The lowest BCUT2D eigenvalue weighted by molar-refractivity contribution is -0.147. The van der Waals surface area contributed by atoms with E-state index in [1.165, 1.54) is 4.90 Å². The van der Waals surface area contributed by atoms with E-state index in [4.69, 9.17) is 14.9 Å². The van der Waals surface area contributed by atoms with Gasteiger partial charge in [0.15, 0.2) is 6.04 Å². The highest BCUT2D eigenvalue weighted by molar-refractivity contribution is 5.83. The van der Waals surface area contributed by atoms with E-state index in [1.807, 2.05) is 0 Å². The molecule has 108 valence electrons. The van der Waals surface area contributed by atoms with Crippen LogP contribution < -0.4 is 0 Å². The standard InChI is InChI=1S/C12H20N2O5/c15-6-4-13(9-2-1-3-9)12(18)14-5-7-19-8-10(14)11(16)17/h9-10,15H,1-8H2,(H,16,17). The number of hydrogen-bond acceptors (Lipinski definition) is 4. The molecule has 0 radical (unpaired) electrons. The van der Waals surface area contributed by atoms with Crippen molar-refractivity contribution in [3.8, 4) is 0 Å². The zero-order valence-corrected chi connectivity index (χ0v) is 10.8. The number of hydrogen-bond donors (Lipinski definition) is 2. The van der Waals surface area contributed by atoms with Crippen molar-refractivity contribution in [3.63, 3.8) is 0 Å². The van der Waals surface area contributed by atoms with Crippen molar-refractivity contribution >= 4 is 12.0 Å². The lowest BCUT2D eigenvalue weighted by atomic mass is 9.91. The molecule has 0 aromatic heterocycles. The summed E-state index contributed by atoms with van der Waals surface area (Å²) >= 11 is 0. The Morgan fingerprint density at radius 1 is 1.37 bits per heavy atom. The van der Waals surface area contributed by atoms with Crippen molar-refractivity contribution in [3.05, 3.63) is 0 Å². The summed E-state index contributed by atoms with van der Waals surface area (Å²) in [7, 11) is 0. The summed E-state index contributed by atoms with van der Waals surface area (Å²) in [5, 5.41) is 18.2. The molecular weight excluding hydrogens is 252 g/mol. The molecule has 1 atom stereocenters. The quantitative estimate of drug-likeness (QED) is 0.736. The Balaban J connectivity index is 2.07. The highest BCUT2D eigenvalue weighted by Gasteiger charge is 2.38. The van der Waals surface area contributed by atoms with Crippen molar-refractivity contribution in [1.82, 2.24) is 9.80 Å². The molecule has 1 aliphatic heterocycles. The van der Waals surface area contributed by atoms with E-state index in [2.05, 4.69) is 0 Å². The largest absolute Gasteiger partial charge is 0.480 e. The summed E-state index contributed by atoms with van der Waals surface area (Å²) in [6.45, 7) is 0.813. The molecule has 2 N–H and O–H groups in total. The number of aliphatic hydroxyl groups excluding tert-OH is 1. The third-order valence-corrected chi connectivity index (χ3v) is 3.76. The van der Waals surface area contributed by atoms with Gasteiger partial charge in [-0.05, 0) is 19.3 Å². The van der Waals surface area contributed by atoms with E-state index < -0.39 is 12.0 Å². The first-order valence-electron chi connectivity index (χ1n) is 6.63. The maximum atomic E-state index is 12.5. The van der Waals surface area contributed by atoms with E-state index in [0.29, 0.717) is 6.61 Å². The maximum absolute atomic E-state index is 12.5. The number of carboxylic acid groups (broad SMARTS) is 1. The molecule has 2 fully saturated rings. The van der Waals surface area contributed by atoms with E-state index in [-0.39, 0.29) is 38.4 Å². The molecule has 0 aromatic carbocycles. The fourth-order valence-corrected chi connectivity index (χ4v) is 2.44. The van der Waals surface area contributed by atoms with Crippen molar-refractivity contribution in [2.75, 3.05) is 32.9 Å². The molecule has 1 saturated heterocycles. The Morgan fingerprint density at radius 2 is 2.11 bits per heavy atom. The number of morpholine rings is 1. The summed E-state index contributed by atoms with van der Waals surface area (Å²) < 4.78 is 5.12. The average Bonchev–Trinajstić information content (AvgIpc) is 2.35. The molecule has 7 nitrogen and oxygen atoms in total.